The van der Waals surface area contributed by atoms with E-state index in [-0.39, 0.29) is 10.8 Å². The molecule has 1 unspecified atom stereocenters. The largest absolute Gasteiger partial charge is 0.494 e. The average molecular weight is 312 g/mol. The molecular weight excluding hydrogens is 296 g/mol. The second-order valence-electron chi connectivity index (χ2n) is 4.50. The summed E-state index contributed by atoms with van der Waals surface area (Å²) >= 11 is 5.82. The maximum atomic E-state index is 14.4. The molecule has 0 aromatic heterocycles. The summed E-state index contributed by atoms with van der Waals surface area (Å²) in [6, 6.07) is 8.86. The summed E-state index contributed by atoms with van der Waals surface area (Å²) in [4.78, 5) is 0. The summed E-state index contributed by atoms with van der Waals surface area (Å²) in [6.45, 7) is 2.42. The van der Waals surface area contributed by atoms with Crippen molar-refractivity contribution in [2.45, 2.75) is 13.0 Å². The molecule has 0 heterocycles. The Morgan fingerprint density at radius 1 is 1.10 bits per heavy atom. The molecule has 1 N–H and O–H groups in total. The van der Waals surface area contributed by atoms with Gasteiger partial charge < -0.3 is 10.1 Å². The highest BCUT2D eigenvalue weighted by molar-refractivity contribution is 6.30. The summed E-state index contributed by atoms with van der Waals surface area (Å²) in [5, 5.41) is 3.09. The molecule has 1 atom stereocenters. The van der Waals surface area contributed by atoms with Crippen LogP contribution in [0.15, 0.2) is 36.4 Å². The van der Waals surface area contributed by atoms with E-state index >= 15 is 0 Å². The minimum absolute atomic E-state index is 0.0127. The highest BCUT2D eigenvalue weighted by Crippen LogP contribution is 2.32. The van der Waals surface area contributed by atoms with Crippen LogP contribution in [0.3, 0.4) is 0 Å². The summed E-state index contributed by atoms with van der Waals surface area (Å²) < 4.78 is 33.7. The van der Waals surface area contributed by atoms with Crippen LogP contribution in [0.2, 0.25) is 5.02 Å². The predicted molar refractivity (Wildman–Crippen MR) is 79.9 cm³/mol. The Morgan fingerprint density at radius 3 is 2.33 bits per heavy atom. The number of benzene rings is 2. The molecule has 0 fully saturated rings. The van der Waals surface area contributed by atoms with E-state index in [0.717, 1.165) is 0 Å². The molecule has 0 amide bonds. The molecule has 0 spiro atoms. The Hall–Kier alpha value is -1.65. The first-order valence-corrected chi connectivity index (χ1v) is 6.97. The van der Waals surface area contributed by atoms with Crippen molar-refractivity contribution in [3.63, 3.8) is 0 Å². The molecule has 0 bridgehead atoms. The fourth-order valence-corrected chi connectivity index (χ4v) is 2.43. The van der Waals surface area contributed by atoms with Crippen LogP contribution in [-0.4, -0.2) is 13.7 Å². The van der Waals surface area contributed by atoms with Crippen molar-refractivity contribution in [3.05, 3.63) is 64.2 Å². The van der Waals surface area contributed by atoms with Crippen LogP contribution in [0.1, 0.15) is 24.1 Å². The molecule has 0 saturated carbocycles. The summed E-state index contributed by atoms with van der Waals surface area (Å²) in [5.41, 5.74) is 0.619. The predicted octanol–water partition coefficient (Wildman–Crippen LogP) is 4.33. The number of ether oxygens (including phenoxy) is 1. The first-order chi connectivity index (χ1) is 10.1. The molecule has 0 radical (unpaired) electrons. The van der Waals surface area contributed by atoms with Crippen LogP contribution >= 0.6 is 11.6 Å². The fraction of sp³-hybridized carbons (Fsp3) is 0.250. The normalized spacial score (nSPS) is 12.2. The molecule has 21 heavy (non-hydrogen) atoms. The van der Waals surface area contributed by atoms with Gasteiger partial charge in [-0.2, -0.15) is 0 Å². The third-order valence-corrected chi connectivity index (χ3v) is 3.52. The van der Waals surface area contributed by atoms with Crippen LogP contribution in [0.5, 0.6) is 5.75 Å². The second kappa shape index (κ2) is 6.87. The van der Waals surface area contributed by atoms with E-state index in [1.54, 1.807) is 24.3 Å². The lowest BCUT2D eigenvalue weighted by Gasteiger charge is -2.21. The average Bonchev–Trinajstić information content (AvgIpc) is 2.49. The SMILES string of the molecule is CCNC(c1cccc(Cl)c1F)c1cccc(OC)c1F. The van der Waals surface area contributed by atoms with Gasteiger partial charge in [0.05, 0.1) is 18.2 Å². The van der Waals surface area contributed by atoms with Gasteiger partial charge in [0.1, 0.15) is 5.82 Å². The van der Waals surface area contributed by atoms with E-state index in [9.17, 15) is 8.78 Å². The van der Waals surface area contributed by atoms with E-state index < -0.39 is 17.7 Å². The monoisotopic (exact) mass is 311 g/mol. The zero-order chi connectivity index (χ0) is 15.4. The molecule has 0 aliphatic carbocycles. The number of halogens is 3. The quantitative estimate of drug-likeness (QED) is 0.887. The number of rotatable bonds is 5. The number of methoxy groups -OCH3 is 1. The molecule has 2 nitrogen and oxygen atoms in total. The third kappa shape index (κ3) is 3.17. The lowest BCUT2D eigenvalue weighted by atomic mass is 9.97. The maximum absolute atomic E-state index is 14.4. The summed E-state index contributed by atoms with van der Waals surface area (Å²) in [7, 11) is 1.39. The van der Waals surface area contributed by atoms with Gasteiger partial charge in [-0.15, -0.1) is 0 Å². The van der Waals surface area contributed by atoms with Crippen molar-refractivity contribution >= 4 is 11.6 Å². The van der Waals surface area contributed by atoms with Gasteiger partial charge in [0, 0.05) is 11.1 Å². The Morgan fingerprint density at radius 2 is 1.71 bits per heavy atom. The highest BCUT2D eigenvalue weighted by atomic mass is 35.5. The smallest absolute Gasteiger partial charge is 0.170 e. The Bertz CT molecular complexity index is 634. The van der Waals surface area contributed by atoms with Crippen molar-refractivity contribution in [2.24, 2.45) is 0 Å². The zero-order valence-electron chi connectivity index (χ0n) is 11.8. The van der Waals surface area contributed by atoms with E-state index in [4.69, 9.17) is 16.3 Å². The van der Waals surface area contributed by atoms with Crippen LogP contribution in [0.4, 0.5) is 8.78 Å². The lowest BCUT2D eigenvalue weighted by Crippen LogP contribution is -2.24. The minimum Gasteiger partial charge on any atom is -0.494 e. The summed E-state index contributed by atoms with van der Waals surface area (Å²) in [6.07, 6.45) is 0. The first kappa shape index (κ1) is 15.7. The standard InChI is InChI=1S/C16H16ClF2NO/c1-3-20-16(10-6-4-8-12(17)14(10)18)11-7-5-9-13(21-2)15(11)19/h4-9,16,20H,3H2,1-2H3. The molecule has 0 aliphatic heterocycles. The van der Waals surface area contributed by atoms with Crippen molar-refractivity contribution in [1.29, 1.82) is 0 Å². The van der Waals surface area contributed by atoms with Gasteiger partial charge >= 0.3 is 0 Å². The lowest BCUT2D eigenvalue weighted by molar-refractivity contribution is 0.381. The van der Waals surface area contributed by atoms with Gasteiger partial charge in [-0.05, 0) is 18.7 Å². The van der Waals surface area contributed by atoms with Gasteiger partial charge in [0.15, 0.2) is 11.6 Å². The Balaban J connectivity index is 2.56. The van der Waals surface area contributed by atoms with E-state index in [1.165, 1.54) is 19.2 Å². The van der Waals surface area contributed by atoms with E-state index in [2.05, 4.69) is 5.32 Å². The van der Waals surface area contributed by atoms with Gasteiger partial charge in [0.2, 0.25) is 0 Å². The molecule has 0 saturated heterocycles. The Kier molecular flexibility index (Phi) is 5.15. The minimum atomic E-state index is -0.635. The van der Waals surface area contributed by atoms with Crippen molar-refractivity contribution in [2.75, 3.05) is 13.7 Å². The Labute approximate surface area is 127 Å². The van der Waals surface area contributed by atoms with Gasteiger partial charge in [-0.25, -0.2) is 8.78 Å². The molecular formula is C16H16ClF2NO. The highest BCUT2D eigenvalue weighted by Gasteiger charge is 2.23. The van der Waals surface area contributed by atoms with Gasteiger partial charge in [-0.1, -0.05) is 42.8 Å². The summed E-state index contributed by atoms with van der Waals surface area (Å²) in [5.74, 6) is -0.935. The molecule has 112 valence electrons. The maximum Gasteiger partial charge on any atom is 0.170 e. The first-order valence-electron chi connectivity index (χ1n) is 6.59. The third-order valence-electron chi connectivity index (χ3n) is 3.22. The van der Waals surface area contributed by atoms with E-state index in [1.807, 2.05) is 6.92 Å². The van der Waals surface area contributed by atoms with Crippen molar-refractivity contribution in [3.8, 4) is 5.75 Å². The van der Waals surface area contributed by atoms with Crippen LogP contribution in [0.25, 0.3) is 0 Å². The van der Waals surface area contributed by atoms with E-state index in [0.29, 0.717) is 17.7 Å². The topological polar surface area (TPSA) is 21.3 Å². The van der Waals surface area contributed by atoms with Crippen molar-refractivity contribution < 1.29 is 13.5 Å². The molecule has 2 aromatic carbocycles. The van der Waals surface area contributed by atoms with Crippen LogP contribution < -0.4 is 10.1 Å². The van der Waals surface area contributed by atoms with Gasteiger partial charge in [0.25, 0.3) is 0 Å². The van der Waals surface area contributed by atoms with Gasteiger partial charge in [-0.3, -0.25) is 0 Å². The van der Waals surface area contributed by atoms with Crippen LogP contribution in [0, 0.1) is 11.6 Å². The molecule has 2 aromatic rings. The van der Waals surface area contributed by atoms with Crippen LogP contribution in [-0.2, 0) is 0 Å². The second-order valence-corrected chi connectivity index (χ2v) is 4.90. The number of hydrogen-bond acceptors (Lipinski definition) is 2. The molecule has 2 rings (SSSR count). The number of nitrogens with one attached hydrogen (secondary N) is 1. The fourth-order valence-electron chi connectivity index (χ4n) is 2.24. The molecule has 5 heteroatoms. The molecule has 0 aliphatic rings. The zero-order valence-corrected chi connectivity index (χ0v) is 12.5. The number of hydrogen-bond donors (Lipinski definition) is 1. The van der Waals surface area contributed by atoms with Crippen molar-refractivity contribution in [1.82, 2.24) is 5.32 Å².